The number of cyclic esters (lactones) is 1. The molecule has 0 bridgehead atoms. The number of benzene rings is 3. The standard InChI is InChI=1S/C26H22O10.Na/c27-15-9-5-13(6-10-15)26(18-4-2-1-3-17(18)24(33)36-26)14-7-11-16(12-8-14)34-25-21(30)19(28)20(29)22(35-25)23(31)32;/h1-12,19-22,25,27-30H,(H,31,32);/q;+1/p-1/t19-,20-,21+,22-,25+,26?;/m0./s1. The van der Waals surface area contributed by atoms with Crippen LogP contribution in [0.5, 0.6) is 11.5 Å². The minimum Gasteiger partial charge on any atom is -0.547 e. The fourth-order valence-electron chi connectivity index (χ4n) is 4.55. The molecule has 1 saturated heterocycles. The van der Waals surface area contributed by atoms with Crippen LogP contribution in [0.15, 0.2) is 72.8 Å². The molecule has 3 aromatic carbocycles. The second-order valence-electron chi connectivity index (χ2n) is 8.52. The zero-order valence-corrected chi connectivity index (χ0v) is 21.6. The number of phenols is 1. The maximum Gasteiger partial charge on any atom is 1.00 e. The third-order valence-electron chi connectivity index (χ3n) is 6.36. The molecule has 2 aliphatic heterocycles. The summed E-state index contributed by atoms with van der Waals surface area (Å²) in [5, 5.41) is 51.0. The van der Waals surface area contributed by atoms with Crippen molar-refractivity contribution in [1.82, 2.24) is 0 Å². The number of aliphatic hydroxyl groups excluding tert-OH is 3. The van der Waals surface area contributed by atoms with E-state index in [4.69, 9.17) is 14.2 Å². The summed E-state index contributed by atoms with van der Waals surface area (Å²) in [4.78, 5) is 24.0. The van der Waals surface area contributed by atoms with Gasteiger partial charge in [-0.05, 0) is 30.3 Å². The maximum absolute atomic E-state index is 12.8. The van der Waals surface area contributed by atoms with Gasteiger partial charge in [-0.25, -0.2) is 4.79 Å². The predicted molar refractivity (Wildman–Crippen MR) is 119 cm³/mol. The first-order chi connectivity index (χ1) is 17.2. The van der Waals surface area contributed by atoms with Crippen LogP contribution in [0.2, 0.25) is 0 Å². The van der Waals surface area contributed by atoms with E-state index in [1.807, 2.05) is 0 Å². The van der Waals surface area contributed by atoms with Gasteiger partial charge in [-0.3, -0.25) is 0 Å². The Labute approximate surface area is 233 Å². The van der Waals surface area contributed by atoms with Crippen molar-refractivity contribution in [1.29, 1.82) is 0 Å². The van der Waals surface area contributed by atoms with E-state index in [0.29, 0.717) is 22.3 Å². The van der Waals surface area contributed by atoms with Crippen LogP contribution in [0.1, 0.15) is 27.0 Å². The number of carboxylic acids is 1. The molecule has 4 N–H and O–H groups in total. The molecule has 0 saturated carbocycles. The molecule has 1 fully saturated rings. The van der Waals surface area contributed by atoms with Gasteiger partial charge >= 0.3 is 35.5 Å². The van der Waals surface area contributed by atoms with E-state index in [1.165, 1.54) is 24.3 Å². The number of hydrogen-bond acceptors (Lipinski definition) is 10. The summed E-state index contributed by atoms with van der Waals surface area (Å²) in [5.41, 5.74) is 0.820. The Morgan fingerprint density at radius 1 is 0.865 bits per heavy atom. The Bertz CT molecular complexity index is 1300. The quantitative estimate of drug-likeness (QED) is 0.200. The van der Waals surface area contributed by atoms with Crippen LogP contribution >= 0.6 is 0 Å². The molecular formula is C26H21NaO10. The van der Waals surface area contributed by atoms with Gasteiger partial charge in [0.25, 0.3) is 0 Å². The number of carbonyl (C=O) groups is 2. The molecule has 0 spiro atoms. The van der Waals surface area contributed by atoms with Gasteiger partial charge in [-0.1, -0.05) is 42.5 Å². The maximum atomic E-state index is 12.8. The van der Waals surface area contributed by atoms with E-state index in [9.17, 15) is 35.1 Å². The van der Waals surface area contributed by atoms with Crippen LogP contribution < -0.4 is 39.4 Å². The third-order valence-corrected chi connectivity index (χ3v) is 6.36. The van der Waals surface area contributed by atoms with Crippen molar-refractivity contribution < 1.29 is 78.9 Å². The number of aliphatic carboxylic acids is 1. The minimum atomic E-state index is -1.90. The molecule has 11 heteroatoms. The van der Waals surface area contributed by atoms with Gasteiger partial charge in [0.15, 0.2) is 5.60 Å². The average molecular weight is 516 g/mol. The molecule has 10 nitrogen and oxygen atoms in total. The summed E-state index contributed by atoms with van der Waals surface area (Å²) in [6.45, 7) is 0. The van der Waals surface area contributed by atoms with Crippen molar-refractivity contribution in [3.8, 4) is 11.5 Å². The molecule has 2 heterocycles. The molecular weight excluding hydrogens is 495 g/mol. The second-order valence-corrected chi connectivity index (χ2v) is 8.52. The predicted octanol–water partition coefficient (Wildman–Crippen LogP) is -3.21. The second kappa shape index (κ2) is 10.4. The normalized spacial score (nSPS) is 28.5. The Morgan fingerprint density at radius 2 is 1.46 bits per heavy atom. The largest absolute Gasteiger partial charge is 1.00 e. The van der Waals surface area contributed by atoms with Crippen LogP contribution in [0.3, 0.4) is 0 Å². The topological polar surface area (TPSA) is 166 Å². The van der Waals surface area contributed by atoms with Crippen molar-refractivity contribution in [3.05, 3.63) is 95.1 Å². The number of fused-ring (bicyclic) bond motifs is 1. The number of rotatable bonds is 5. The van der Waals surface area contributed by atoms with E-state index in [-0.39, 0.29) is 41.1 Å². The number of ether oxygens (including phenoxy) is 3. The van der Waals surface area contributed by atoms with Crippen molar-refractivity contribution in [2.24, 2.45) is 0 Å². The molecule has 0 aromatic heterocycles. The van der Waals surface area contributed by atoms with Gasteiger partial charge in [0, 0.05) is 16.7 Å². The number of carboxylic acid groups (broad SMARTS) is 1. The van der Waals surface area contributed by atoms with Crippen LogP contribution in [-0.2, 0) is 19.9 Å². The first kappa shape index (κ1) is 27.1. The van der Waals surface area contributed by atoms with Crippen molar-refractivity contribution in [2.75, 3.05) is 0 Å². The van der Waals surface area contributed by atoms with Crippen molar-refractivity contribution in [2.45, 2.75) is 36.3 Å². The number of aliphatic hydroxyl groups is 3. The van der Waals surface area contributed by atoms with E-state index >= 15 is 0 Å². The van der Waals surface area contributed by atoms with Gasteiger partial charge < -0.3 is 44.5 Å². The Morgan fingerprint density at radius 3 is 2.08 bits per heavy atom. The fourth-order valence-corrected chi connectivity index (χ4v) is 4.55. The summed E-state index contributed by atoms with van der Waals surface area (Å²) < 4.78 is 16.6. The monoisotopic (exact) mass is 516 g/mol. The van der Waals surface area contributed by atoms with E-state index in [0.717, 1.165) is 0 Å². The number of phenolic OH excluding ortho intramolecular Hbond substituents is 1. The molecule has 2 aliphatic rings. The molecule has 6 atom stereocenters. The third kappa shape index (κ3) is 4.62. The van der Waals surface area contributed by atoms with Gasteiger partial charge in [0.1, 0.15) is 35.9 Å². The summed E-state index contributed by atoms with van der Waals surface area (Å²) in [6, 6.07) is 19.4. The number of hydrogen-bond donors (Lipinski definition) is 4. The summed E-state index contributed by atoms with van der Waals surface area (Å²) >= 11 is 0. The molecule has 3 aromatic rings. The molecule has 1 unspecified atom stereocenters. The molecule has 0 aliphatic carbocycles. The van der Waals surface area contributed by atoms with Crippen molar-refractivity contribution >= 4 is 11.9 Å². The van der Waals surface area contributed by atoms with Crippen LogP contribution in [0.25, 0.3) is 0 Å². The van der Waals surface area contributed by atoms with E-state index in [2.05, 4.69) is 0 Å². The van der Waals surface area contributed by atoms with Crippen LogP contribution in [0.4, 0.5) is 0 Å². The Hall–Kier alpha value is -2.96. The molecule has 0 amide bonds. The molecule has 37 heavy (non-hydrogen) atoms. The Balaban J connectivity index is 0.00000320. The van der Waals surface area contributed by atoms with Gasteiger partial charge in [-0.15, -0.1) is 0 Å². The number of aromatic hydroxyl groups is 1. The minimum absolute atomic E-state index is 0. The molecule has 5 rings (SSSR count). The molecule has 186 valence electrons. The first-order valence-electron chi connectivity index (χ1n) is 11.0. The van der Waals surface area contributed by atoms with Gasteiger partial charge in [-0.2, -0.15) is 0 Å². The van der Waals surface area contributed by atoms with E-state index in [1.54, 1.807) is 48.5 Å². The number of esters is 1. The van der Waals surface area contributed by atoms with E-state index < -0.39 is 48.2 Å². The smallest absolute Gasteiger partial charge is 0.547 e. The SMILES string of the molecule is O=C1OC(c2ccc(O)cc2)(c2ccc(O[C@@H]3O[C@H](C(=O)[O-])[C@@H](O)[C@H](O)[C@H]3O)cc2)c2ccccc21.[Na+]. The summed E-state index contributed by atoms with van der Waals surface area (Å²) in [5.74, 6) is -2.10. The zero-order chi connectivity index (χ0) is 25.6. The molecule has 0 radical (unpaired) electrons. The number of carbonyl (C=O) groups excluding carboxylic acids is 2. The van der Waals surface area contributed by atoms with Gasteiger partial charge in [0.05, 0.1) is 11.5 Å². The van der Waals surface area contributed by atoms with Crippen molar-refractivity contribution in [3.63, 3.8) is 0 Å². The average Bonchev–Trinajstić information content (AvgIpc) is 3.18. The fraction of sp³-hybridized carbons (Fsp3) is 0.231. The Kier molecular flexibility index (Phi) is 7.63. The zero-order valence-electron chi connectivity index (χ0n) is 19.6. The summed E-state index contributed by atoms with van der Waals surface area (Å²) in [6.07, 6.45) is -8.97. The van der Waals surface area contributed by atoms with Gasteiger partial charge in [0.2, 0.25) is 6.29 Å². The van der Waals surface area contributed by atoms with Crippen LogP contribution in [0, 0.1) is 0 Å². The summed E-state index contributed by atoms with van der Waals surface area (Å²) in [7, 11) is 0. The van der Waals surface area contributed by atoms with Crippen LogP contribution in [-0.4, -0.2) is 63.1 Å². The first-order valence-corrected chi connectivity index (χ1v) is 11.0.